The molecule has 0 spiro atoms. The summed E-state index contributed by atoms with van der Waals surface area (Å²) in [6, 6.07) is 17.4. The van der Waals surface area contributed by atoms with Crippen molar-refractivity contribution < 1.29 is 39.8 Å². The van der Waals surface area contributed by atoms with Gasteiger partial charge in [-0.15, -0.1) is 0 Å². The molecule has 3 rings (SSSR count). The monoisotopic (exact) mass is 501 g/mol. The molecule has 0 saturated heterocycles. The molecule has 0 unspecified atom stereocenters. The Morgan fingerprint density at radius 3 is 1.41 bits per heavy atom. The predicted molar refractivity (Wildman–Crippen MR) is 118 cm³/mol. The number of hydrogen-bond donors (Lipinski definition) is 2. The van der Waals surface area contributed by atoms with E-state index in [1.807, 2.05) is 0 Å². The molecule has 14 heteroatoms. The van der Waals surface area contributed by atoms with Gasteiger partial charge in [0, 0.05) is 65.3 Å². The van der Waals surface area contributed by atoms with Gasteiger partial charge in [0.15, 0.2) is 0 Å². The van der Waals surface area contributed by atoms with Crippen molar-refractivity contribution in [2.75, 3.05) is 0 Å². The average molecular weight is 501 g/mol. The maximum Gasteiger partial charge on any atom is 0.446 e. The third-order valence-corrected chi connectivity index (χ3v) is 4.62. The number of hydrogen-bond acceptors (Lipinski definition) is 7. The number of rotatable bonds is 7. The van der Waals surface area contributed by atoms with Crippen LogP contribution in [-0.4, -0.2) is 95.5 Å². The summed E-state index contributed by atoms with van der Waals surface area (Å²) >= 11 is 0. The van der Waals surface area contributed by atoms with Crippen molar-refractivity contribution >= 4 is 79.9 Å². The van der Waals surface area contributed by atoms with Crippen LogP contribution in [-0.2, 0) is 20.8 Å². The summed E-state index contributed by atoms with van der Waals surface area (Å²) in [5.41, 5.74) is 2.14. The molecule has 4 N–H and O–H groups in total. The largest absolute Gasteiger partial charge is 0.446 e. The van der Waals surface area contributed by atoms with Crippen molar-refractivity contribution in [1.82, 2.24) is 4.98 Å². The first kappa shape index (κ1) is 31.0. The van der Waals surface area contributed by atoms with Gasteiger partial charge in [0.05, 0.1) is 11.6 Å². The molecule has 32 heavy (non-hydrogen) atoms. The average Bonchev–Trinajstić information content (AvgIpc) is 2.63. The van der Waals surface area contributed by atoms with Gasteiger partial charge in [0.1, 0.15) is 11.5 Å². The van der Waals surface area contributed by atoms with E-state index in [2.05, 4.69) is 13.4 Å². The van der Waals surface area contributed by atoms with Gasteiger partial charge in [-0.25, -0.2) is 0 Å². The second-order valence-corrected chi connectivity index (χ2v) is 7.89. The van der Waals surface area contributed by atoms with Crippen LogP contribution >= 0.6 is 0 Å². The fourth-order valence-electron chi connectivity index (χ4n) is 2.76. The summed E-state index contributed by atoms with van der Waals surface area (Å²) in [5, 5.41) is 0. The summed E-state index contributed by atoms with van der Waals surface area (Å²) in [7, 11) is -9.26. The SMILES string of the molecule is O.O=S(=O)(O)Oc1ccc(C(c2ccc(OS(=O)(=O)O)cc2)c2ccccn2)cc1.[Na].[Na]. The Labute approximate surface area is 229 Å². The summed E-state index contributed by atoms with van der Waals surface area (Å²) in [4.78, 5) is 4.36. The van der Waals surface area contributed by atoms with Crippen LogP contribution < -0.4 is 8.37 Å². The van der Waals surface area contributed by atoms with Crippen LogP contribution in [0.3, 0.4) is 0 Å². The molecule has 0 aliphatic heterocycles. The first-order chi connectivity index (χ1) is 13.6. The van der Waals surface area contributed by atoms with Crippen molar-refractivity contribution in [3.8, 4) is 11.5 Å². The van der Waals surface area contributed by atoms with E-state index in [-0.39, 0.29) is 82.0 Å². The Morgan fingerprint density at radius 1 is 0.688 bits per heavy atom. The molecule has 1 heterocycles. The maximum atomic E-state index is 10.8. The topological polar surface area (TPSA) is 172 Å². The Balaban J connectivity index is 0.00000320. The molecule has 162 valence electrons. The molecule has 0 amide bonds. The quantitative estimate of drug-likeness (QED) is 0.354. The minimum Gasteiger partial charge on any atom is -0.412 e. The first-order valence-electron chi connectivity index (χ1n) is 8.05. The molecule has 0 aliphatic rings. The van der Waals surface area contributed by atoms with E-state index in [4.69, 9.17) is 9.11 Å². The number of aromatic nitrogens is 1. The number of benzene rings is 2. The summed E-state index contributed by atoms with van der Waals surface area (Å²) in [6.45, 7) is 0. The molecular formula is C18H17NNa2O9S2. The minimum atomic E-state index is -4.63. The third-order valence-electron chi connectivity index (χ3n) is 3.81. The second kappa shape index (κ2) is 13.0. The number of nitrogens with zero attached hydrogens (tertiary/aromatic N) is 1. The molecule has 0 fully saturated rings. The number of pyridine rings is 1. The molecule has 0 atom stereocenters. The van der Waals surface area contributed by atoms with Gasteiger partial charge in [0.2, 0.25) is 0 Å². The molecule has 2 radical (unpaired) electrons. The molecular weight excluding hydrogens is 484 g/mol. The molecule has 10 nitrogen and oxygen atoms in total. The van der Waals surface area contributed by atoms with Gasteiger partial charge in [-0.3, -0.25) is 14.1 Å². The van der Waals surface area contributed by atoms with Gasteiger partial charge in [-0.05, 0) is 47.5 Å². The zero-order chi connectivity index (χ0) is 21.1. The van der Waals surface area contributed by atoms with E-state index >= 15 is 0 Å². The van der Waals surface area contributed by atoms with Gasteiger partial charge in [-0.1, -0.05) is 30.3 Å². The van der Waals surface area contributed by atoms with Crippen molar-refractivity contribution in [2.45, 2.75) is 5.92 Å². The zero-order valence-corrected chi connectivity index (χ0v) is 22.7. The maximum absolute atomic E-state index is 10.8. The van der Waals surface area contributed by atoms with Crippen LogP contribution in [0.25, 0.3) is 0 Å². The first-order valence-corrected chi connectivity index (χ1v) is 10.8. The molecule has 1 aromatic heterocycles. The smallest absolute Gasteiger partial charge is 0.412 e. The van der Waals surface area contributed by atoms with Crippen LogP contribution in [0.1, 0.15) is 22.7 Å². The minimum absolute atomic E-state index is 0. The van der Waals surface area contributed by atoms with Crippen LogP contribution in [0.15, 0.2) is 72.9 Å². The van der Waals surface area contributed by atoms with Gasteiger partial charge in [0.25, 0.3) is 0 Å². The molecule has 0 bridgehead atoms. The fraction of sp³-hybridized carbons (Fsp3) is 0.0556. The third kappa shape index (κ3) is 9.45. The van der Waals surface area contributed by atoms with Crippen molar-refractivity contribution in [3.63, 3.8) is 0 Å². The Morgan fingerprint density at radius 2 is 1.09 bits per heavy atom. The van der Waals surface area contributed by atoms with Gasteiger partial charge >= 0.3 is 20.8 Å². The van der Waals surface area contributed by atoms with Gasteiger partial charge < -0.3 is 13.8 Å². The molecule has 0 aliphatic carbocycles. The van der Waals surface area contributed by atoms with Crippen molar-refractivity contribution in [2.24, 2.45) is 0 Å². The van der Waals surface area contributed by atoms with E-state index in [0.717, 1.165) is 11.1 Å². The van der Waals surface area contributed by atoms with E-state index in [1.54, 1.807) is 48.7 Å². The molecule has 0 saturated carbocycles. The Bertz CT molecular complexity index is 1110. The Hall–Kier alpha value is -1.03. The normalized spacial score (nSPS) is 10.8. The Kier molecular flexibility index (Phi) is 12.6. The fourth-order valence-corrected chi connectivity index (χ4v) is 3.46. The molecule has 3 aromatic rings. The van der Waals surface area contributed by atoms with Crippen LogP contribution in [0.2, 0.25) is 0 Å². The van der Waals surface area contributed by atoms with E-state index in [1.165, 1.54) is 24.3 Å². The second-order valence-electron chi connectivity index (χ2n) is 5.85. The summed E-state index contributed by atoms with van der Waals surface area (Å²) in [5.74, 6) is -0.503. The molecule has 2 aromatic carbocycles. The van der Waals surface area contributed by atoms with E-state index < -0.39 is 20.8 Å². The van der Waals surface area contributed by atoms with Crippen LogP contribution in [0, 0.1) is 0 Å². The zero-order valence-electron chi connectivity index (χ0n) is 17.1. The van der Waals surface area contributed by atoms with Crippen LogP contribution in [0.5, 0.6) is 11.5 Å². The van der Waals surface area contributed by atoms with Crippen molar-refractivity contribution in [3.05, 3.63) is 89.7 Å². The van der Waals surface area contributed by atoms with Crippen LogP contribution in [0.4, 0.5) is 0 Å². The van der Waals surface area contributed by atoms with E-state index in [9.17, 15) is 16.8 Å². The van der Waals surface area contributed by atoms with E-state index in [0.29, 0.717) is 5.69 Å². The standard InChI is InChI=1S/C18H15NO8S2.2Na.H2O/c20-28(21,22)26-15-8-4-13(5-9-15)18(17-3-1-2-12-19-17)14-6-10-16(11-7-14)27-29(23,24)25;;;/h1-12,18H,(H,20,21,22)(H,23,24,25);;;1H2. The van der Waals surface area contributed by atoms with Crippen molar-refractivity contribution in [1.29, 1.82) is 0 Å². The van der Waals surface area contributed by atoms with Gasteiger partial charge in [-0.2, -0.15) is 16.8 Å². The predicted octanol–water partition coefficient (Wildman–Crippen LogP) is 1.04. The summed E-state index contributed by atoms with van der Waals surface area (Å²) < 4.78 is 69.8. The summed E-state index contributed by atoms with van der Waals surface area (Å²) in [6.07, 6.45) is 1.62.